The van der Waals surface area contributed by atoms with Gasteiger partial charge in [-0.3, -0.25) is 0 Å². The van der Waals surface area contributed by atoms with Crippen LogP contribution in [0.4, 0.5) is 5.82 Å². The maximum atomic E-state index is 4.59. The molecule has 2 unspecified atom stereocenters. The minimum Gasteiger partial charge on any atom is -0.366 e. The average Bonchev–Trinajstić information content (AvgIpc) is 2.39. The summed E-state index contributed by atoms with van der Waals surface area (Å²) in [6, 6.07) is 4.91. The molecular formula is C16H26N2S. The van der Waals surface area contributed by atoms with Crippen molar-refractivity contribution in [2.45, 2.75) is 63.2 Å². The SMILES string of the molecule is CSC1CCCCC1Nc1ccc(C(C)(C)C)cn1. The number of thioether (sulfide) groups is 1. The van der Waals surface area contributed by atoms with Gasteiger partial charge in [0.25, 0.3) is 0 Å². The molecule has 2 nitrogen and oxygen atoms in total. The molecule has 0 spiro atoms. The van der Waals surface area contributed by atoms with Crippen LogP contribution in [0, 0.1) is 0 Å². The molecule has 0 aliphatic heterocycles. The van der Waals surface area contributed by atoms with Crippen molar-refractivity contribution in [1.82, 2.24) is 4.98 Å². The molecule has 0 radical (unpaired) electrons. The van der Waals surface area contributed by atoms with Gasteiger partial charge >= 0.3 is 0 Å². The average molecular weight is 278 g/mol. The minimum absolute atomic E-state index is 0.179. The third kappa shape index (κ3) is 3.88. The van der Waals surface area contributed by atoms with E-state index in [9.17, 15) is 0 Å². The van der Waals surface area contributed by atoms with Gasteiger partial charge in [0.2, 0.25) is 0 Å². The van der Waals surface area contributed by atoms with Crippen molar-refractivity contribution in [3.8, 4) is 0 Å². The van der Waals surface area contributed by atoms with Crippen LogP contribution < -0.4 is 5.32 Å². The fourth-order valence-corrected chi connectivity index (χ4v) is 3.59. The molecule has 1 aromatic heterocycles. The third-order valence-electron chi connectivity index (χ3n) is 3.97. The number of pyridine rings is 1. The maximum Gasteiger partial charge on any atom is 0.126 e. The van der Waals surface area contributed by atoms with Crippen LogP contribution in [0.15, 0.2) is 18.3 Å². The molecule has 3 heteroatoms. The quantitative estimate of drug-likeness (QED) is 0.883. The fourth-order valence-electron chi connectivity index (χ4n) is 2.66. The summed E-state index contributed by atoms with van der Waals surface area (Å²) in [5.74, 6) is 1.03. The smallest absolute Gasteiger partial charge is 0.126 e. The van der Waals surface area contributed by atoms with Crippen molar-refractivity contribution < 1.29 is 0 Å². The Morgan fingerprint density at radius 1 is 1.21 bits per heavy atom. The molecule has 1 aliphatic carbocycles. The fraction of sp³-hybridized carbons (Fsp3) is 0.688. The predicted molar refractivity (Wildman–Crippen MR) is 86.1 cm³/mol. The van der Waals surface area contributed by atoms with E-state index in [1.165, 1.54) is 31.2 Å². The first-order valence-corrected chi connectivity index (χ1v) is 8.55. The standard InChI is InChI=1S/C16H26N2S/c1-16(2,3)12-9-10-15(17-11-12)18-13-7-5-6-8-14(13)19-4/h9-11,13-14H,5-8H2,1-4H3,(H,17,18). The molecule has 1 N–H and O–H groups in total. The zero-order valence-corrected chi connectivity index (χ0v) is 13.4. The van der Waals surface area contributed by atoms with Gasteiger partial charge in [-0.05, 0) is 36.1 Å². The van der Waals surface area contributed by atoms with Crippen molar-refractivity contribution in [1.29, 1.82) is 0 Å². The van der Waals surface area contributed by atoms with Gasteiger partial charge in [-0.25, -0.2) is 4.98 Å². The lowest BCUT2D eigenvalue weighted by Crippen LogP contribution is -2.34. The summed E-state index contributed by atoms with van der Waals surface area (Å²) >= 11 is 1.99. The topological polar surface area (TPSA) is 24.9 Å². The van der Waals surface area contributed by atoms with Crippen LogP contribution >= 0.6 is 11.8 Å². The lowest BCUT2D eigenvalue weighted by molar-refractivity contribution is 0.474. The molecule has 0 saturated heterocycles. The number of rotatable bonds is 3. The Morgan fingerprint density at radius 2 is 1.95 bits per heavy atom. The second kappa shape index (κ2) is 6.17. The van der Waals surface area contributed by atoms with Crippen molar-refractivity contribution >= 4 is 17.6 Å². The van der Waals surface area contributed by atoms with Crippen molar-refractivity contribution in [2.24, 2.45) is 0 Å². The van der Waals surface area contributed by atoms with E-state index in [1.807, 2.05) is 18.0 Å². The summed E-state index contributed by atoms with van der Waals surface area (Å²) in [5.41, 5.74) is 1.47. The van der Waals surface area contributed by atoms with E-state index in [2.05, 4.69) is 49.5 Å². The molecule has 1 aromatic rings. The zero-order chi connectivity index (χ0) is 13.9. The summed E-state index contributed by atoms with van der Waals surface area (Å²) in [6.45, 7) is 6.67. The number of hydrogen-bond donors (Lipinski definition) is 1. The third-order valence-corrected chi connectivity index (χ3v) is 5.14. The Kier molecular flexibility index (Phi) is 4.77. The number of aromatic nitrogens is 1. The Morgan fingerprint density at radius 3 is 2.53 bits per heavy atom. The molecule has 2 rings (SSSR count). The van der Waals surface area contributed by atoms with Crippen LogP contribution in [0.3, 0.4) is 0 Å². The first-order chi connectivity index (χ1) is 9.00. The first kappa shape index (κ1) is 14.7. The molecule has 0 aromatic carbocycles. The van der Waals surface area contributed by atoms with E-state index in [0.717, 1.165) is 11.1 Å². The molecule has 1 aliphatic rings. The largest absolute Gasteiger partial charge is 0.366 e. The molecule has 0 amide bonds. The van der Waals surface area contributed by atoms with Crippen molar-refractivity contribution in [3.63, 3.8) is 0 Å². The Labute approximate surface area is 121 Å². The van der Waals surface area contributed by atoms with Gasteiger partial charge in [0.05, 0.1) is 0 Å². The number of anilines is 1. The Hall–Kier alpha value is -0.700. The molecule has 0 bridgehead atoms. The Balaban J connectivity index is 2.02. The highest BCUT2D eigenvalue weighted by Gasteiger charge is 2.24. The predicted octanol–water partition coefficient (Wildman–Crippen LogP) is 4.47. The Bertz CT molecular complexity index is 394. The zero-order valence-electron chi connectivity index (χ0n) is 12.6. The van der Waals surface area contributed by atoms with Crippen LogP contribution in [-0.2, 0) is 5.41 Å². The van der Waals surface area contributed by atoms with E-state index in [0.29, 0.717) is 6.04 Å². The summed E-state index contributed by atoms with van der Waals surface area (Å²) in [6.07, 6.45) is 9.56. The molecule has 2 atom stereocenters. The van der Waals surface area contributed by atoms with Crippen LogP contribution in [-0.4, -0.2) is 22.5 Å². The highest BCUT2D eigenvalue weighted by molar-refractivity contribution is 7.99. The van der Waals surface area contributed by atoms with Gasteiger partial charge in [-0.2, -0.15) is 11.8 Å². The van der Waals surface area contributed by atoms with Gasteiger partial charge in [0, 0.05) is 17.5 Å². The molecular weight excluding hydrogens is 252 g/mol. The van der Waals surface area contributed by atoms with Gasteiger partial charge in [-0.1, -0.05) is 39.7 Å². The van der Waals surface area contributed by atoms with Crippen molar-refractivity contribution in [3.05, 3.63) is 23.9 Å². The molecule has 1 saturated carbocycles. The summed E-state index contributed by atoms with van der Waals surface area (Å²) in [7, 11) is 0. The first-order valence-electron chi connectivity index (χ1n) is 7.26. The van der Waals surface area contributed by atoms with E-state index in [4.69, 9.17) is 0 Å². The monoisotopic (exact) mass is 278 g/mol. The number of hydrogen-bond acceptors (Lipinski definition) is 3. The van der Waals surface area contributed by atoms with Gasteiger partial charge < -0.3 is 5.32 Å². The van der Waals surface area contributed by atoms with E-state index < -0.39 is 0 Å². The van der Waals surface area contributed by atoms with E-state index in [-0.39, 0.29) is 5.41 Å². The van der Waals surface area contributed by atoms with Gasteiger partial charge in [0.15, 0.2) is 0 Å². The lowest BCUT2D eigenvalue weighted by atomic mass is 9.88. The summed E-state index contributed by atoms with van der Waals surface area (Å²) < 4.78 is 0. The van der Waals surface area contributed by atoms with Crippen LogP contribution in [0.1, 0.15) is 52.0 Å². The van der Waals surface area contributed by atoms with Crippen molar-refractivity contribution in [2.75, 3.05) is 11.6 Å². The normalized spacial score (nSPS) is 24.2. The lowest BCUT2D eigenvalue weighted by Gasteiger charge is -2.31. The summed E-state index contributed by atoms with van der Waals surface area (Å²) in [5, 5.41) is 4.36. The number of nitrogens with one attached hydrogen (secondary N) is 1. The van der Waals surface area contributed by atoms with Gasteiger partial charge in [-0.15, -0.1) is 0 Å². The maximum absolute atomic E-state index is 4.59. The van der Waals surface area contributed by atoms with Crippen LogP contribution in [0.2, 0.25) is 0 Å². The highest BCUT2D eigenvalue weighted by Crippen LogP contribution is 2.29. The van der Waals surface area contributed by atoms with E-state index in [1.54, 1.807) is 0 Å². The molecule has 19 heavy (non-hydrogen) atoms. The number of nitrogens with zero attached hydrogens (tertiary/aromatic N) is 1. The van der Waals surface area contributed by atoms with Gasteiger partial charge in [0.1, 0.15) is 5.82 Å². The summed E-state index contributed by atoms with van der Waals surface area (Å²) in [4.78, 5) is 4.59. The molecule has 1 heterocycles. The molecule has 106 valence electrons. The minimum atomic E-state index is 0.179. The molecule has 1 fully saturated rings. The van der Waals surface area contributed by atoms with Crippen LogP contribution in [0.5, 0.6) is 0 Å². The highest BCUT2D eigenvalue weighted by atomic mass is 32.2. The van der Waals surface area contributed by atoms with E-state index >= 15 is 0 Å². The second-order valence-corrected chi connectivity index (χ2v) is 7.57. The van der Waals surface area contributed by atoms with Crippen LogP contribution in [0.25, 0.3) is 0 Å². The second-order valence-electron chi connectivity index (χ2n) is 6.49.